The highest BCUT2D eigenvalue weighted by Gasteiger charge is 2.33. The molecule has 0 aliphatic heterocycles. The average Bonchev–Trinajstić information content (AvgIpc) is 2.45. The van der Waals surface area contributed by atoms with Gasteiger partial charge in [-0.25, -0.2) is 0 Å². The zero-order valence-electron chi connectivity index (χ0n) is 13.3. The third-order valence-corrected chi connectivity index (χ3v) is 4.47. The number of carboxylic acids is 1. The molecule has 0 radical (unpaired) electrons. The highest BCUT2D eigenvalue weighted by atomic mass is 16.4. The van der Waals surface area contributed by atoms with Crippen molar-refractivity contribution in [3.63, 3.8) is 0 Å². The van der Waals surface area contributed by atoms with Gasteiger partial charge in [0.1, 0.15) is 0 Å². The lowest BCUT2D eigenvalue weighted by Crippen LogP contribution is -2.51. The van der Waals surface area contributed by atoms with Gasteiger partial charge in [-0.3, -0.25) is 9.59 Å². The van der Waals surface area contributed by atoms with Crippen LogP contribution in [0.1, 0.15) is 55.1 Å². The molecular formula is C18H23NO3. The molecule has 0 bridgehead atoms. The normalized spacial score (nSPS) is 16.0. The Morgan fingerprint density at radius 2 is 2.09 bits per heavy atom. The van der Waals surface area contributed by atoms with Gasteiger partial charge in [-0.05, 0) is 48.9 Å². The zero-order chi connectivity index (χ0) is 16.3. The number of hydrogen-bond acceptors (Lipinski definition) is 2. The van der Waals surface area contributed by atoms with Crippen molar-refractivity contribution in [2.45, 2.75) is 45.6 Å². The number of rotatable bonds is 5. The molecule has 0 saturated carbocycles. The van der Waals surface area contributed by atoms with Crippen LogP contribution in [0.3, 0.4) is 0 Å². The third-order valence-electron chi connectivity index (χ3n) is 4.47. The summed E-state index contributed by atoms with van der Waals surface area (Å²) in [6.45, 7) is 5.62. The Balaban J connectivity index is 2.20. The molecule has 0 saturated heterocycles. The first-order valence-corrected chi connectivity index (χ1v) is 7.65. The van der Waals surface area contributed by atoms with Crippen LogP contribution in [-0.2, 0) is 11.2 Å². The predicted molar refractivity (Wildman–Crippen MR) is 86.8 cm³/mol. The second kappa shape index (κ2) is 6.34. The first kappa shape index (κ1) is 16.3. The summed E-state index contributed by atoms with van der Waals surface area (Å²) in [5, 5.41) is 12.0. The van der Waals surface area contributed by atoms with Gasteiger partial charge in [0.05, 0.1) is 12.0 Å². The van der Waals surface area contributed by atoms with Gasteiger partial charge < -0.3 is 10.4 Å². The number of aliphatic carboxylic acids is 1. The van der Waals surface area contributed by atoms with Gasteiger partial charge in [0.25, 0.3) is 5.91 Å². The molecule has 118 valence electrons. The van der Waals surface area contributed by atoms with Crippen LogP contribution in [0.15, 0.2) is 24.3 Å². The Bertz CT molecular complexity index is 619. The predicted octanol–water partition coefficient (Wildman–Crippen LogP) is 3.27. The van der Waals surface area contributed by atoms with Gasteiger partial charge in [0.2, 0.25) is 0 Å². The molecule has 0 spiro atoms. The second-order valence-corrected chi connectivity index (χ2v) is 6.45. The molecule has 0 fully saturated rings. The molecule has 1 aromatic rings. The maximum Gasteiger partial charge on any atom is 0.305 e. The maximum atomic E-state index is 12.5. The lowest BCUT2D eigenvalue weighted by atomic mass is 9.84. The third kappa shape index (κ3) is 3.56. The molecule has 1 amide bonds. The van der Waals surface area contributed by atoms with Crippen LogP contribution in [0.5, 0.6) is 0 Å². The van der Waals surface area contributed by atoms with Crippen LogP contribution < -0.4 is 5.32 Å². The van der Waals surface area contributed by atoms with Crippen LogP contribution in [0.25, 0.3) is 6.08 Å². The molecule has 4 nitrogen and oxygen atoms in total. The number of allylic oxidation sites excluding steroid dienone is 1. The van der Waals surface area contributed by atoms with Crippen LogP contribution in [0.4, 0.5) is 0 Å². The van der Waals surface area contributed by atoms with Crippen molar-refractivity contribution >= 4 is 18.0 Å². The Hall–Kier alpha value is -2.10. The van der Waals surface area contributed by atoms with E-state index in [1.165, 1.54) is 5.56 Å². The van der Waals surface area contributed by atoms with E-state index < -0.39 is 11.5 Å². The van der Waals surface area contributed by atoms with Crippen molar-refractivity contribution in [2.24, 2.45) is 5.92 Å². The van der Waals surface area contributed by atoms with E-state index in [1.807, 2.05) is 26.0 Å². The summed E-state index contributed by atoms with van der Waals surface area (Å²) in [6, 6.07) is 5.66. The lowest BCUT2D eigenvalue weighted by Gasteiger charge is -2.33. The Kier molecular flexibility index (Phi) is 4.69. The minimum Gasteiger partial charge on any atom is -0.481 e. The molecule has 1 aliphatic carbocycles. The first-order valence-electron chi connectivity index (χ1n) is 7.65. The summed E-state index contributed by atoms with van der Waals surface area (Å²) in [4.78, 5) is 23.6. The van der Waals surface area contributed by atoms with Gasteiger partial charge in [-0.2, -0.15) is 0 Å². The number of carboxylic acid groups (broad SMARTS) is 1. The summed E-state index contributed by atoms with van der Waals surface area (Å²) in [5.41, 5.74) is 2.14. The topological polar surface area (TPSA) is 66.4 Å². The smallest absolute Gasteiger partial charge is 0.305 e. The minimum absolute atomic E-state index is 0.0214. The van der Waals surface area contributed by atoms with Gasteiger partial charge in [0, 0.05) is 5.56 Å². The number of hydrogen-bond donors (Lipinski definition) is 2. The Labute approximate surface area is 131 Å². The Morgan fingerprint density at radius 1 is 1.36 bits per heavy atom. The summed E-state index contributed by atoms with van der Waals surface area (Å²) in [6.07, 6.45) is 6.03. The zero-order valence-corrected chi connectivity index (χ0v) is 13.3. The number of nitrogens with one attached hydrogen (secondary N) is 1. The number of carbonyl (C=O) groups is 2. The first-order chi connectivity index (χ1) is 10.3. The molecular weight excluding hydrogens is 278 g/mol. The van der Waals surface area contributed by atoms with Crippen molar-refractivity contribution < 1.29 is 14.7 Å². The number of aryl methyl sites for hydroxylation is 1. The van der Waals surface area contributed by atoms with Crippen LogP contribution in [0.2, 0.25) is 0 Å². The monoisotopic (exact) mass is 301 g/mol. The van der Waals surface area contributed by atoms with Crippen LogP contribution >= 0.6 is 0 Å². The van der Waals surface area contributed by atoms with Crippen molar-refractivity contribution in [3.8, 4) is 0 Å². The van der Waals surface area contributed by atoms with Crippen LogP contribution in [-0.4, -0.2) is 22.5 Å². The average molecular weight is 301 g/mol. The van der Waals surface area contributed by atoms with Crippen LogP contribution in [0, 0.1) is 5.92 Å². The van der Waals surface area contributed by atoms with E-state index in [0.717, 1.165) is 18.4 Å². The Morgan fingerprint density at radius 3 is 2.73 bits per heavy atom. The molecule has 1 atom stereocenters. The number of amides is 1. The van der Waals surface area contributed by atoms with E-state index in [4.69, 9.17) is 5.11 Å². The van der Waals surface area contributed by atoms with E-state index in [0.29, 0.717) is 5.56 Å². The number of benzene rings is 1. The van der Waals surface area contributed by atoms with Gasteiger partial charge in [-0.15, -0.1) is 0 Å². The SMILES string of the molecule is CC(C)C(C)(CC(=O)O)NC(=O)c1ccc2c(c1)CCC=C2. The van der Waals surface area contributed by atoms with Crippen molar-refractivity contribution in [2.75, 3.05) is 0 Å². The molecule has 1 aliphatic rings. The van der Waals surface area contributed by atoms with Crippen molar-refractivity contribution in [1.29, 1.82) is 0 Å². The molecule has 2 N–H and O–H groups in total. The van der Waals surface area contributed by atoms with E-state index in [1.54, 1.807) is 13.0 Å². The quantitative estimate of drug-likeness (QED) is 0.877. The fraction of sp³-hybridized carbons (Fsp3) is 0.444. The highest BCUT2D eigenvalue weighted by molar-refractivity contribution is 5.95. The number of fused-ring (bicyclic) bond motifs is 1. The molecule has 0 aromatic heterocycles. The maximum absolute atomic E-state index is 12.5. The van der Waals surface area contributed by atoms with E-state index in [2.05, 4.69) is 17.5 Å². The standard InChI is InChI=1S/C18H23NO3/c1-12(2)18(3,11-16(20)21)19-17(22)15-9-8-13-6-4-5-7-14(13)10-15/h4,6,8-10,12H,5,7,11H2,1-3H3,(H,19,22)(H,20,21). The number of carbonyl (C=O) groups excluding carboxylic acids is 1. The molecule has 0 heterocycles. The molecule has 22 heavy (non-hydrogen) atoms. The summed E-state index contributed by atoms with van der Waals surface area (Å²) >= 11 is 0. The summed E-state index contributed by atoms with van der Waals surface area (Å²) in [5.74, 6) is -1.10. The fourth-order valence-electron chi connectivity index (χ4n) is 2.61. The molecule has 2 rings (SSSR count). The summed E-state index contributed by atoms with van der Waals surface area (Å²) < 4.78 is 0. The largest absolute Gasteiger partial charge is 0.481 e. The van der Waals surface area contributed by atoms with Crippen molar-refractivity contribution in [1.82, 2.24) is 5.32 Å². The van der Waals surface area contributed by atoms with Gasteiger partial charge in [-0.1, -0.05) is 32.1 Å². The van der Waals surface area contributed by atoms with Gasteiger partial charge >= 0.3 is 5.97 Å². The minimum atomic E-state index is -0.910. The summed E-state index contributed by atoms with van der Waals surface area (Å²) in [7, 11) is 0. The lowest BCUT2D eigenvalue weighted by molar-refractivity contribution is -0.138. The molecule has 1 aromatic carbocycles. The van der Waals surface area contributed by atoms with Crippen molar-refractivity contribution in [3.05, 3.63) is 41.0 Å². The van der Waals surface area contributed by atoms with E-state index >= 15 is 0 Å². The van der Waals surface area contributed by atoms with E-state index in [-0.39, 0.29) is 18.2 Å². The molecule has 4 heteroatoms. The highest BCUT2D eigenvalue weighted by Crippen LogP contribution is 2.23. The van der Waals surface area contributed by atoms with Gasteiger partial charge in [0.15, 0.2) is 0 Å². The second-order valence-electron chi connectivity index (χ2n) is 6.45. The van der Waals surface area contributed by atoms with E-state index in [9.17, 15) is 9.59 Å². The fourth-order valence-corrected chi connectivity index (χ4v) is 2.61. The molecule has 1 unspecified atom stereocenters.